The summed E-state index contributed by atoms with van der Waals surface area (Å²) in [6.45, 7) is 2.46. The lowest BCUT2D eigenvalue weighted by atomic mass is 10.1. The number of nitrogens with two attached hydrogens (primary N) is 1. The smallest absolute Gasteiger partial charge is 0.119 e. The van der Waals surface area contributed by atoms with Crippen LogP contribution in [0.1, 0.15) is 36.1 Å². The molecule has 0 aromatic heterocycles. The summed E-state index contributed by atoms with van der Waals surface area (Å²) in [4.78, 5) is 0. The minimum Gasteiger partial charge on any atom is -0.489 e. The lowest BCUT2D eigenvalue weighted by Crippen LogP contribution is -2.08. The first kappa shape index (κ1) is 14.1. The zero-order valence-corrected chi connectivity index (χ0v) is 11.5. The first-order chi connectivity index (χ1) is 9.74. The van der Waals surface area contributed by atoms with Gasteiger partial charge in [0, 0.05) is 11.6 Å². The van der Waals surface area contributed by atoms with E-state index in [1.165, 1.54) is 0 Å². The molecule has 0 saturated heterocycles. The van der Waals surface area contributed by atoms with E-state index in [-0.39, 0.29) is 6.04 Å². The molecule has 0 amide bonds. The van der Waals surface area contributed by atoms with Crippen LogP contribution in [0.2, 0.25) is 0 Å². The Balaban J connectivity index is 2.03. The van der Waals surface area contributed by atoms with E-state index >= 15 is 0 Å². The van der Waals surface area contributed by atoms with Gasteiger partial charge in [-0.05, 0) is 30.2 Å². The molecular formula is C17H18N2O. The van der Waals surface area contributed by atoms with Gasteiger partial charge in [-0.2, -0.15) is 5.26 Å². The average molecular weight is 266 g/mol. The first-order valence-electron chi connectivity index (χ1n) is 6.71. The topological polar surface area (TPSA) is 59.0 Å². The van der Waals surface area contributed by atoms with Crippen LogP contribution in [0.3, 0.4) is 0 Å². The highest BCUT2D eigenvalue weighted by Gasteiger charge is 2.04. The summed E-state index contributed by atoms with van der Waals surface area (Å²) in [5, 5.41) is 9.02. The Morgan fingerprint density at radius 3 is 2.50 bits per heavy atom. The van der Waals surface area contributed by atoms with Crippen LogP contribution in [0.5, 0.6) is 5.75 Å². The normalized spacial score (nSPS) is 11.7. The molecule has 0 aliphatic rings. The van der Waals surface area contributed by atoms with Gasteiger partial charge in [-0.15, -0.1) is 0 Å². The second kappa shape index (κ2) is 6.74. The van der Waals surface area contributed by atoms with E-state index < -0.39 is 0 Å². The lowest BCUT2D eigenvalue weighted by Gasteiger charge is -2.11. The fourth-order valence-corrected chi connectivity index (χ4v) is 1.96. The first-order valence-corrected chi connectivity index (χ1v) is 6.71. The zero-order valence-electron chi connectivity index (χ0n) is 11.5. The number of ether oxygens (including phenoxy) is 1. The predicted molar refractivity (Wildman–Crippen MR) is 79.2 cm³/mol. The summed E-state index contributed by atoms with van der Waals surface area (Å²) in [5.41, 5.74) is 8.62. The number of nitriles is 1. The van der Waals surface area contributed by atoms with Gasteiger partial charge in [0.1, 0.15) is 12.4 Å². The average Bonchev–Trinajstić information content (AvgIpc) is 2.53. The summed E-state index contributed by atoms with van der Waals surface area (Å²) < 4.78 is 5.71. The molecule has 0 spiro atoms. The molecule has 0 aliphatic carbocycles. The quantitative estimate of drug-likeness (QED) is 0.900. The van der Waals surface area contributed by atoms with E-state index in [4.69, 9.17) is 15.7 Å². The summed E-state index contributed by atoms with van der Waals surface area (Å²) in [6, 6.07) is 17.5. The highest BCUT2D eigenvalue weighted by atomic mass is 16.5. The Morgan fingerprint density at radius 1 is 1.15 bits per heavy atom. The van der Waals surface area contributed by atoms with Gasteiger partial charge < -0.3 is 10.5 Å². The molecular weight excluding hydrogens is 248 g/mol. The van der Waals surface area contributed by atoms with Crippen molar-refractivity contribution in [1.82, 2.24) is 0 Å². The molecule has 0 fully saturated rings. The summed E-state index contributed by atoms with van der Waals surface area (Å²) in [6.07, 6.45) is 0.912. The molecule has 2 rings (SSSR count). The number of hydrogen-bond donors (Lipinski definition) is 1. The molecule has 0 aliphatic heterocycles. The Morgan fingerprint density at radius 2 is 1.85 bits per heavy atom. The van der Waals surface area contributed by atoms with Gasteiger partial charge in [-0.25, -0.2) is 0 Å². The van der Waals surface area contributed by atoms with Crippen LogP contribution in [-0.2, 0) is 6.61 Å². The highest BCUT2D eigenvalue weighted by molar-refractivity contribution is 5.37. The van der Waals surface area contributed by atoms with Crippen LogP contribution in [0.4, 0.5) is 0 Å². The van der Waals surface area contributed by atoms with Crippen molar-refractivity contribution in [3.8, 4) is 11.8 Å². The van der Waals surface area contributed by atoms with Crippen molar-refractivity contribution in [2.45, 2.75) is 26.0 Å². The van der Waals surface area contributed by atoms with Crippen LogP contribution in [0, 0.1) is 11.3 Å². The Labute approximate surface area is 119 Å². The van der Waals surface area contributed by atoms with Gasteiger partial charge in [0.05, 0.1) is 11.6 Å². The summed E-state index contributed by atoms with van der Waals surface area (Å²) in [7, 11) is 0. The minimum absolute atomic E-state index is 0.0726. The van der Waals surface area contributed by atoms with Crippen LogP contribution in [-0.4, -0.2) is 0 Å². The van der Waals surface area contributed by atoms with Crippen molar-refractivity contribution in [3.63, 3.8) is 0 Å². The molecule has 0 saturated carbocycles. The minimum atomic E-state index is 0.0726. The molecule has 20 heavy (non-hydrogen) atoms. The van der Waals surface area contributed by atoms with Gasteiger partial charge in [0.15, 0.2) is 0 Å². The Bertz CT molecular complexity index is 599. The van der Waals surface area contributed by atoms with E-state index in [0.29, 0.717) is 12.2 Å². The molecule has 0 heterocycles. The third-order valence-corrected chi connectivity index (χ3v) is 3.28. The maximum absolute atomic E-state index is 9.02. The standard InChI is InChI=1S/C17H18N2O/c1-2-17(19)13-7-9-16(10-8-13)20-12-15-6-4-3-5-14(15)11-18/h3-10,17H,2,12,19H2,1H3. The van der Waals surface area contributed by atoms with Gasteiger partial charge in [0.2, 0.25) is 0 Å². The van der Waals surface area contributed by atoms with E-state index in [2.05, 4.69) is 13.0 Å². The molecule has 1 atom stereocenters. The maximum Gasteiger partial charge on any atom is 0.119 e. The summed E-state index contributed by atoms with van der Waals surface area (Å²) in [5.74, 6) is 0.782. The van der Waals surface area contributed by atoms with Crippen molar-refractivity contribution in [1.29, 1.82) is 5.26 Å². The third kappa shape index (κ3) is 3.37. The zero-order chi connectivity index (χ0) is 14.4. The third-order valence-electron chi connectivity index (χ3n) is 3.28. The summed E-state index contributed by atoms with van der Waals surface area (Å²) >= 11 is 0. The largest absolute Gasteiger partial charge is 0.489 e. The van der Waals surface area contributed by atoms with Crippen LogP contribution in [0.15, 0.2) is 48.5 Å². The van der Waals surface area contributed by atoms with Crippen LogP contribution in [0.25, 0.3) is 0 Å². The van der Waals surface area contributed by atoms with E-state index in [9.17, 15) is 0 Å². The molecule has 1 unspecified atom stereocenters. The van der Waals surface area contributed by atoms with Crippen molar-refractivity contribution < 1.29 is 4.74 Å². The monoisotopic (exact) mass is 266 g/mol. The molecule has 2 N–H and O–H groups in total. The van der Waals surface area contributed by atoms with Gasteiger partial charge in [-0.3, -0.25) is 0 Å². The molecule has 2 aromatic rings. The second-order valence-electron chi connectivity index (χ2n) is 4.64. The maximum atomic E-state index is 9.02. The Kier molecular flexibility index (Phi) is 4.75. The fraction of sp³-hybridized carbons (Fsp3) is 0.235. The van der Waals surface area contributed by atoms with Crippen LogP contribution >= 0.6 is 0 Å². The number of nitrogens with zero attached hydrogens (tertiary/aromatic N) is 1. The molecule has 3 nitrogen and oxygen atoms in total. The van der Waals surface area contributed by atoms with Crippen LogP contribution < -0.4 is 10.5 Å². The van der Waals surface area contributed by atoms with Gasteiger partial charge >= 0.3 is 0 Å². The molecule has 0 bridgehead atoms. The van der Waals surface area contributed by atoms with E-state index in [1.807, 2.05) is 42.5 Å². The van der Waals surface area contributed by atoms with Crippen molar-refractivity contribution in [2.75, 3.05) is 0 Å². The van der Waals surface area contributed by atoms with E-state index in [0.717, 1.165) is 23.3 Å². The fourth-order valence-electron chi connectivity index (χ4n) is 1.96. The van der Waals surface area contributed by atoms with Crippen molar-refractivity contribution in [2.24, 2.45) is 5.73 Å². The van der Waals surface area contributed by atoms with Gasteiger partial charge in [0.25, 0.3) is 0 Å². The molecule has 102 valence electrons. The lowest BCUT2D eigenvalue weighted by molar-refractivity contribution is 0.306. The Hall–Kier alpha value is -2.31. The van der Waals surface area contributed by atoms with Crippen molar-refractivity contribution in [3.05, 3.63) is 65.2 Å². The number of hydrogen-bond acceptors (Lipinski definition) is 3. The van der Waals surface area contributed by atoms with Gasteiger partial charge in [-0.1, -0.05) is 37.3 Å². The second-order valence-corrected chi connectivity index (χ2v) is 4.64. The molecule has 2 aromatic carbocycles. The highest BCUT2D eigenvalue weighted by Crippen LogP contribution is 2.19. The van der Waals surface area contributed by atoms with E-state index in [1.54, 1.807) is 6.07 Å². The number of benzene rings is 2. The number of rotatable bonds is 5. The molecule has 0 radical (unpaired) electrons. The SMILES string of the molecule is CCC(N)c1ccc(OCc2ccccc2C#N)cc1. The predicted octanol–water partition coefficient (Wildman–Crippen LogP) is 3.55. The molecule has 3 heteroatoms. The van der Waals surface area contributed by atoms with Crippen molar-refractivity contribution >= 4 is 0 Å².